The minimum atomic E-state index is 0.852. The first-order chi connectivity index (χ1) is 4.88. The number of hydrogen-bond donors (Lipinski definition) is 0. The van der Waals surface area contributed by atoms with Gasteiger partial charge in [-0.05, 0) is 25.7 Å². The van der Waals surface area contributed by atoms with Crippen molar-refractivity contribution in [3.63, 3.8) is 0 Å². The second kappa shape index (κ2) is 2.54. The van der Waals surface area contributed by atoms with E-state index >= 15 is 0 Å². The minimum Gasteiger partial charge on any atom is -0.296 e. The summed E-state index contributed by atoms with van der Waals surface area (Å²) in [6, 6.07) is 1.70. The molecule has 57 valence electrons. The molecule has 2 aliphatic carbocycles. The molecule has 0 aliphatic heterocycles. The molecule has 0 bridgehead atoms. The van der Waals surface area contributed by atoms with Gasteiger partial charge in [-0.15, -0.1) is 0 Å². The van der Waals surface area contributed by atoms with Crippen molar-refractivity contribution in [3.8, 4) is 0 Å². The molecule has 2 rings (SSSR count). The SMILES string of the molecule is [CH2]N(C1CCC1)C1CCC1. The summed E-state index contributed by atoms with van der Waals surface area (Å²) < 4.78 is 0. The smallest absolute Gasteiger partial charge is 0.0115 e. The molecule has 0 aromatic rings. The topological polar surface area (TPSA) is 3.24 Å². The van der Waals surface area contributed by atoms with Gasteiger partial charge in [-0.3, -0.25) is 4.90 Å². The van der Waals surface area contributed by atoms with Gasteiger partial charge < -0.3 is 0 Å². The largest absolute Gasteiger partial charge is 0.296 e. The molecule has 2 aliphatic rings. The second-order valence-corrected chi connectivity index (χ2v) is 3.68. The molecule has 1 radical (unpaired) electrons. The monoisotopic (exact) mass is 138 g/mol. The molecule has 0 N–H and O–H groups in total. The van der Waals surface area contributed by atoms with Crippen molar-refractivity contribution >= 4 is 0 Å². The number of nitrogens with zero attached hydrogens (tertiary/aromatic N) is 1. The molecule has 0 unspecified atom stereocenters. The quantitative estimate of drug-likeness (QED) is 0.565. The van der Waals surface area contributed by atoms with Crippen molar-refractivity contribution in [2.45, 2.75) is 50.6 Å². The van der Waals surface area contributed by atoms with Crippen molar-refractivity contribution in [2.24, 2.45) is 0 Å². The average molecular weight is 138 g/mol. The molecular weight excluding hydrogens is 122 g/mol. The molecule has 0 atom stereocenters. The zero-order chi connectivity index (χ0) is 6.97. The van der Waals surface area contributed by atoms with Crippen molar-refractivity contribution in [2.75, 3.05) is 0 Å². The van der Waals surface area contributed by atoms with Crippen LogP contribution in [0.4, 0.5) is 0 Å². The van der Waals surface area contributed by atoms with E-state index in [1.165, 1.54) is 38.5 Å². The lowest BCUT2D eigenvalue weighted by Gasteiger charge is -2.43. The second-order valence-electron chi connectivity index (χ2n) is 3.68. The first-order valence-electron chi connectivity index (χ1n) is 4.47. The normalized spacial score (nSPS) is 28.2. The Labute approximate surface area is 63.4 Å². The molecule has 0 spiro atoms. The van der Waals surface area contributed by atoms with E-state index in [0.29, 0.717) is 0 Å². The molecule has 1 nitrogen and oxygen atoms in total. The Hall–Kier alpha value is -0.0400. The van der Waals surface area contributed by atoms with Gasteiger partial charge in [0.05, 0.1) is 0 Å². The van der Waals surface area contributed by atoms with Gasteiger partial charge >= 0.3 is 0 Å². The predicted molar refractivity (Wildman–Crippen MR) is 42.5 cm³/mol. The van der Waals surface area contributed by atoms with Gasteiger partial charge in [-0.2, -0.15) is 0 Å². The lowest BCUT2D eigenvalue weighted by atomic mass is 9.85. The summed E-state index contributed by atoms with van der Waals surface area (Å²) in [5.41, 5.74) is 0. The van der Waals surface area contributed by atoms with Gasteiger partial charge in [-0.25, -0.2) is 0 Å². The summed E-state index contributed by atoms with van der Waals surface area (Å²) in [6.07, 6.45) is 8.48. The number of hydrogen-bond acceptors (Lipinski definition) is 1. The maximum Gasteiger partial charge on any atom is 0.0115 e. The van der Waals surface area contributed by atoms with Crippen LogP contribution in [0.1, 0.15) is 38.5 Å². The first kappa shape index (κ1) is 6.66. The van der Waals surface area contributed by atoms with Crippen molar-refractivity contribution in [1.82, 2.24) is 4.90 Å². The van der Waals surface area contributed by atoms with E-state index in [2.05, 4.69) is 11.9 Å². The molecule has 0 aromatic heterocycles. The Morgan fingerprint density at radius 3 is 1.50 bits per heavy atom. The highest BCUT2D eigenvalue weighted by Gasteiger charge is 2.30. The van der Waals surface area contributed by atoms with Gasteiger partial charge in [0, 0.05) is 19.1 Å². The van der Waals surface area contributed by atoms with E-state index < -0.39 is 0 Å². The zero-order valence-electron chi connectivity index (χ0n) is 6.55. The summed E-state index contributed by atoms with van der Waals surface area (Å²) in [4.78, 5) is 2.37. The molecule has 0 heterocycles. The fourth-order valence-corrected chi connectivity index (χ4v) is 1.73. The Balaban J connectivity index is 1.79. The third-order valence-electron chi connectivity index (χ3n) is 3.09. The summed E-state index contributed by atoms with van der Waals surface area (Å²) >= 11 is 0. The van der Waals surface area contributed by atoms with Crippen LogP contribution in [0.5, 0.6) is 0 Å². The van der Waals surface area contributed by atoms with E-state index in [1.807, 2.05) is 0 Å². The molecule has 2 fully saturated rings. The molecule has 2 saturated carbocycles. The standard InChI is InChI=1S/C9H16N/c1-10(8-4-2-5-8)9-6-3-7-9/h8-9H,1-7H2. The van der Waals surface area contributed by atoms with Gasteiger partial charge in [0.15, 0.2) is 0 Å². The summed E-state index contributed by atoms with van der Waals surface area (Å²) in [6.45, 7) is 0. The average Bonchev–Trinajstić information content (AvgIpc) is 1.52. The fourth-order valence-electron chi connectivity index (χ4n) is 1.73. The summed E-state index contributed by atoms with van der Waals surface area (Å²) in [5, 5.41) is 0. The minimum absolute atomic E-state index is 0.852. The predicted octanol–water partition coefficient (Wildman–Crippen LogP) is 2.18. The Kier molecular flexibility index (Phi) is 1.69. The van der Waals surface area contributed by atoms with E-state index in [-0.39, 0.29) is 0 Å². The van der Waals surface area contributed by atoms with Gasteiger partial charge in [0.25, 0.3) is 0 Å². The van der Waals surface area contributed by atoms with Crippen molar-refractivity contribution < 1.29 is 0 Å². The van der Waals surface area contributed by atoms with E-state index in [4.69, 9.17) is 0 Å². The first-order valence-corrected chi connectivity index (χ1v) is 4.47. The van der Waals surface area contributed by atoms with Crippen molar-refractivity contribution in [1.29, 1.82) is 0 Å². The molecular formula is C9H16N. The summed E-state index contributed by atoms with van der Waals surface area (Å²) in [7, 11) is 4.12. The zero-order valence-corrected chi connectivity index (χ0v) is 6.55. The Morgan fingerprint density at radius 2 is 1.30 bits per heavy atom. The van der Waals surface area contributed by atoms with Crippen LogP contribution in [0.25, 0.3) is 0 Å². The van der Waals surface area contributed by atoms with Crippen LogP contribution in [-0.4, -0.2) is 17.0 Å². The molecule has 1 heteroatoms. The van der Waals surface area contributed by atoms with Crippen LogP contribution in [0.2, 0.25) is 0 Å². The van der Waals surface area contributed by atoms with E-state index in [9.17, 15) is 0 Å². The Morgan fingerprint density at radius 1 is 0.900 bits per heavy atom. The van der Waals surface area contributed by atoms with Gasteiger partial charge in [0.1, 0.15) is 0 Å². The van der Waals surface area contributed by atoms with Crippen molar-refractivity contribution in [3.05, 3.63) is 7.05 Å². The molecule has 0 amide bonds. The van der Waals surface area contributed by atoms with Crippen LogP contribution in [0, 0.1) is 7.05 Å². The summed E-state index contributed by atoms with van der Waals surface area (Å²) in [5.74, 6) is 0. The van der Waals surface area contributed by atoms with Gasteiger partial charge in [0.2, 0.25) is 0 Å². The van der Waals surface area contributed by atoms with E-state index in [0.717, 1.165) is 12.1 Å². The lowest BCUT2D eigenvalue weighted by Crippen LogP contribution is -2.45. The van der Waals surface area contributed by atoms with Gasteiger partial charge in [-0.1, -0.05) is 12.8 Å². The maximum absolute atomic E-state index is 4.12. The van der Waals surface area contributed by atoms with Crippen LogP contribution < -0.4 is 0 Å². The highest BCUT2D eigenvalue weighted by atomic mass is 15.2. The highest BCUT2D eigenvalue weighted by Crippen LogP contribution is 2.32. The van der Waals surface area contributed by atoms with Crippen LogP contribution in [-0.2, 0) is 0 Å². The number of rotatable bonds is 2. The van der Waals surface area contributed by atoms with Crippen LogP contribution in [0.3, 0.4) is 0 Å². The maximum atomic E-state index is 4.12. The highest BCUT2D eigenvalue weighted by molar-refractivity contribution is 4.88. The molecule has 0 aromatic carbocycles. The van der Waals surface area contributed by atoms with E-state index in [1.54, 1.807) is 0 Å². The fraction of sp³-hybridized carbons (Fsp3) is 0.889. The molecule has 0 saturated heterocycles. The Bertz CT molecular complexity index is 99.9. The third-order valence-corrected chi connectivity index (χ3v) is 3.09. The lowest BCUT2D eigenvalue weighted by molar-refractivity contribution is 0.0855. The molecule has 10 heavy (non-hydrogen) atoms. The van der Waals surface area contributed by atoms with Crippen LogP contribution >= 0.6 is 0 Å². The van der Waals surface area contributed by atoms with Crippen LogP contribution in [0.15, 0.2) is 0 Å². The third kappa shape index (κ3) is 0.968.